The summed E-state index contributed by atoms with van der Waals surface area (Å²) in [7, 11) is 3.91. The fourth-order valence-electron chi connectivity index (χ4n) is 4.77. The summed E-state index contributed by atoms with van der Waals surface area (Å²) in [5.41, 5.74) is 2.22. The van der Waals surface area contributed by atoms with E-state index in [9.17, 15) is 14.7 Å². The van der Waals surface area contributed by atoms with E-state index in [2.05, 4.69) is 11.6 Å². The van der Waals surface area contributed by atoms with E-state index in [1.165, 1.54) is 4.90 Å². The number of aliphatic hydroxyl groups excluding tert-OH is 1. The number of aromatic nitrogens is 2. The predicted molar refractivity (Wildman–Crippen MR) is 145 cm³/mol. The maximum absolute atomic E-state index is 13.5. The highest BCUT2D eigenvalue weighted by atomic mass is 16.5. The van der Waals surface area contributed by atoms with Crippen LogP contribution in [-0.4, -0.2) is 76.4 Å². The van der Waals surface area contributed by atoms with Crippen LogP contribution in [0.4, 0.5) is 0 Å². The van der Waals surface area contributed by atoms with E-state index >= 15 is 0 Å². The summed E-state index contributed by atoms with van der Waals surface area (Å²) < 4.78 is 13.3. The van der Waals surface area contributed by atoms with Crippen molar-refractivity contribution in [1.82, 2.24) is 19.2 Å². The van der Waals surface area contributed by atoms with Gasteiger partial charge >= 0.3 is 0 Å². The smallest absolute Gasteiger partial charge is 0.295 e. The number of carbonyl (C=O) groups is 2. The van der Waals surface area contributed by atoms with Gasteiger partial charge in [-0.3, -0.25) is 14.0 Å². The number of hydrogen-bond acceptors (Lipinski definition) is 7. The first-order valence-electron chi connectivity index (χ1n) is 12.7. The van der Waals surface area contributed by atoms with Gasteiger partial charge in [-0.2, -0.15) is 0 Å². The van der Waals surface area contributed by atoms with Crippen molar-refractivity contribution in [2.45, 2.75) is 26.3 Å². The average Bonchev–Trinajstić information content (AvgIpc) is 3.36. The van der Waals surface area contributed by atoms with E-state index in [0.717, 1.165) is 6.54 Å². The Morgan fingerprint density at radius 2 is 1.97 bits per heavy atom. The third kappa shape index (κ3) is 5.15. The average molecular weight is 519 g/mol. The molecule has 9 heteroatoms. The van der Waals surface area contributed by atoms with Crippen molar-refractivity contribution in [2.75, 3.05) is 40.4 Å². The lowest BCUT2D eigenvalue weighted by molar-refractivity contribution is -0.139. The molecule has 1 fully saturated rings. The summed E-state index contributed by atoms with van der Waals surface area (Å²) in [5, 5.41) is 11.6. The number of nitrogens with zero attached hydrogens (tertiary/aromatic N) is 4. The first-order chi connectivity index (χ1) is 18.3. The standard InChI is InChI=1S/C29H34N4O5/c1-6-17-38-21-13-12-20(18-22(21)37-7-2)26-24(28(35)29(36)33(26)16-10-14-31(4)5)27(34)25-19(3)30-23-11-8-9-15-32(23)25/h6,8-9,11-13,15,18,26,34H,1,7,10,14,16-17H2,2-5H3/b27-24+. The van der Waals surface area contributed by atoms with Crippen LogP contribution >= 0.6 is 0 Å². The Labute approximate surface area is 222 Å². The van der Waals surface area contributed by atoms with Crippen molar-refractivity contribution in [3.05, 3.63) is 77.8 Å². The predicted octanol–water partition coefficient (Wildman–Crippen LogP) is 3.98. The number of Topliss-reactive ketones (excluding diaryl/α,β-unsaturated/α-hetero) is 1. The molecule has 1 aliphatic rings. The molecule has 4 rings (SSSR count). The number of fused-ring (bicyclic) bond motifs is 1. The summed E-state index contributed by atoms with van der Waals surface area (Å²) in [6, 6.07) is 10.00. The molecule has 9 nitrogen and oxygen atoms in total. The van der Waals surface area contributed by atoms with Crippen LogP contribution in [0.15, 0.2) is 60.8 Å². The minimum Gasteiger partial charge on any atom is -0.505 e. The van der Waals surface area contributed by atoms with Crippen molar-refractivity contribution in [3.8, 4) is 11.5 Å². The molecule has 0 bridgehead atoms. The molecule has 1 amide bonds. The van der Waals surface area contributed by atoms with Gasteiger partial charge in [0, 0.05) is 12.7 Å². The van der Waals surface area contributed by atoms with Crippen LogP contribution in [0.2, 0.25) is 0 Å². The Bertz CT molecular complexity index is 1390. The van der Waals surface area contributed by atoms with Gasteiger partial charge in [-0.05, 0) is 70.7 Å². The third-order valence-electron chi connectivity index (χ3n) is 6.41. The van der Waals surface area contributed by atoms with Gasteiger partial charge in [0.2, 0.25) is 0 Å². The Morgan fingerprint density at radius 3 is 2.68 bits per heavy atom. The van der Waals surface area contributed by atoms with E-state index in [-0.39, 0.29) is 11.3 Å². The fourth-order valence-corrected chi connectivity index (χ4v) is 4.77. The van der Waals surface area contributed by atoms with Gasteiger partial charge in [0.05, 0.1) is 23.9 Å². The number of aliphatic hydroxyl groups is 1. The molecule has 3 aromatic rings. The van der Waals surface area contributed by atoms with Gasteiger partial charge in [-0.1, -0.05) is 24.8 Å². The number of amides is 1. The minimum absolute atomic E-state index is 0.0239. The molecule has 1 unspecified atom stereocenters. The molecule has 1 atom stereocenters. The highest BCUT2D eigenvalue weighted by Crippen LogP contribution is 2.42. The fraction of sp³-hybridized carbons (Fsp3) is 0.345. The molecule has 3 heterocycles. The van der Waals surface area contributed by atoms with E-state index < -0.39 is 17.7 Å². The Kier molecular flexibility index (Phi) is 8.16. The molecule has 0 spiro atoms. The summed E-state index contributed by atoms with van der Waals surface area (Å²) >= 11 is 0. The number of benzene rings is 1. The number of aryl methyl sites for hydroxylation is 1. The SMILES string of the molecule is C=CCOc1ccc(C2/C(=C(\O)c3c(C)nc4ccccn34)C(=O)C(=O)N2CCCN(C)C)cc1OCC. The zero-order chi connectivity index (χ0) is 27.4. The van der Waals surface area contributed by atoms with Gasteiger partial charge in [0.15, 0.2) is 17.3 Å². The van der Waals surface area contributed by atoms with Crippen LogP contribution in [0.1, 0.15) is 36.3 Å². The van der Waals surface area contributed by atoms with Crippen molar-refractivity contribution < 1.29 is 24.2 Å². The lowest BCUT2D eigenvalue weighted by atomic mass is 9.95. The van der Waals surface area contributed by atoms with Gasteiger partial charge in [-0.25, -0.2) is 4.98 Å². The second-order valence-electron chi connectivity index (χ2n) is 9.36. The molecule has 1 aromatic carbocycles. The van der Waals surface area contributed by atoms with Crippen molar-refractivity contribution in [1.29, 1.82) is 0 Å². The van der Waals surface area contributed by atoms with E-state index in [4.69, 9.17) is 9.47 Å². The molecule has 0 radical (unpaired) electrons. The monoisotopic (exact) mass is 518 g/mol. The number of carbonyl (C=O) groups excluding carboxylic acids is 2. The van der Waals surface area contributed by atoms with Gasteiger partial charge in [0.25, 0.3) is 11.7 Å². The van der Waals surface area contributed by atoms with Crippen LogP contribution in [0.5, 0.6) is 11.5 Å². The summed E-state index contributed by atoms with van der Waals surface area (Å²) in [6.45, 7) is 9.10. The molecule has 1 N–H and O–H groups in total. The molecule has 0 aliphatic carbocycles. The topological polar surface area (TPSA) is 96.6 Å². The maximum Gasteiger partial charge on any atom is 0.295 e. The largest absolute Gasteiger partial charge is 0.505 e. The molecule has 1 saturated heterocycles. The summed E-state index contributed by atoms with van der Waals surface area (Å²) in [5.74, 6) is -0.627. The first-order valence-corrected chi connectivity index (χ1v) is 12.7. The number of imidazole rings is 1. The van der Waals surface area contributed by atoms with Crippen LogP contribution in [-0.2, 0) is 9.59 Å². The van der Waals surface area contributed by atoms with E-state index in [1.807, 2.05) is 44.1 Å². The van der Waals surface area contributed by atoms with E-state index in [0.29, 0.717) is 60.3 Å². The number of pyridine rings is 1. The molecule has 200 valence electrons. The highest BCUT2D eigenvalue weighted by molar-refractivity contribution is 6.46. The minimum atomic E-state index is -0.807. The molecular formula is C29H34N4O5. The van der Waals surface area contributed by atoms with Crippen molar-refractivity contribution >= 4 is 23.1 Å². The Balaban J connectivity index is 1.89. The first kappa shape index (κ1) is 26.9. The van der Waals surface area contributed by atoms with Crippen LogP contribution < -0.4 is 9.47 Å². The maximum atomic E-state index is 13.5. The molecule has 0 saturated carbocycles. The van der Waals surface area contributed by atoms with Gasteiger partial charge in [0.1, 0.15) is 17.9 Å². The summed E-state index contributed by atoms with van der Waals surface area (Å²) in [6.07, 6.45) is 4.07. The number of likely N-dealkylation sites (tertiary alicyclic amines) is 1. The third-order valence-corrected chi connectivity index (χ3v) is 6.41. The normalized spacial score (nSPS) is 17.0. The highest BCUT2D eigenvalue weighted by Gasteiger charge is 2.46. The van der Waals surface area contributed by atoms with Crippen LogP contribution in [0.25, 0.3) is 11.4 Å². The second-order valence-corrected chi connectivity index (χ2v) is 9.36. The number of ketones is 1. The zero-order valence-corrected chi connectivity index (χ0v) is 22.3. The van der Waals surface area contributed by atoms with Gasteiger partial charge < -0.3 is 24.4 Å². The van der Waals surface area contributed by atoms with Crippen LogP contribution in [0, 0.1) is 6.92 Å². The second kappa shape index (κ2) is 11.5. The quantitative estimate of drug-likeness (QED) is 0.178. The van der Waals surface area contributed by atoms with Crippen molar-refractivity contribution in [2.24, 2.45) is 0 Å². The number of rotatable bonds is 11. The molecular weight excluding hydrogens is 484 g/mol. The lowest BCUT2D eigenvalue weighted by Crippen LogP contribution is -2.32. The Hall–Kier alpha value is -4.11. The zero-order valence-electron chi connectivity index (χ0n) is 22.3. The summed E-state index contributed by atoms with van der Waals surface area (Å²) in [4.78, 5) is 34.9. The number of hydrogen-bond donors (Lipinski definition) is 1. The van der Waals surface area contributed by atoms with Gasteiger partial charge in [-0.15, -0.1) is 0 Å². The number of ether oxygens (including phenoxy) is 2. The Morgan fingerprint density at radius 1 is 1.18 bits per heavy atom. The van der Waals surface area contributed by atoms with Crippen molar-refractivity contribution in [3.63, 3.8) is 0 Å². The lowest BCUT2D eigenvalue weighted by Gasteiger charge is -2.26. The molecule has 38 heavy (non-hydrogen) atoms. The molecule has 2 aromatic heterocycles. The van der Waals surface area contributed by atoms with E-state index in [1.54, 1.807) is 41.8 Å². The molecule has 1 aliphatic heterocycles. The van der Waals surface area contributed by atoms with Crippen LogP contribution in [0.3, 0.4) is 0 Å².